The Morgan fingerprint density at radius 2 is 2.18 bits per heavy atom. The second-order valence-corrected chi connectivity index (χ2v) is 6.46. The van der Waals surface area contributed by atoms with Gasteiger partial charge in [-0.25, -0.2) is 4.39 Å². The summed E-state index contributed by atoms with van der Waals surface area (Å²) in [7, 11) is 0. The number of ether oxygens (including phenoxy) is 2. The van der Waals surface area contributed by atoms with E-state index in [1.807, 2.05) is 27.7 Å². The molecule has 1 aliphatic rings. The van der Waals surface area contributed by atoms with Crippen LogP contribution < -0.4 is 4.74 Å². The lowest BCUT2D eigenvalue weighted by atomic mass is 9.96. The van der Waals surface area contributed by atoms with Crippen LogP contribution in [0.4, 0.5) is 4.39 Å². The number of fused-ring (bicyclic) bond motifs is 1. The number of benzene rings is 1. The highest BCUT2D eigenvalue weighted by Crippen LogP contribution is 2.32. The van der Waals surface area contributed by atoms with Crippen molar-refractivity contribution in [3.8, 4) is 17.6 Å². The van der Waals surface area contributed by atoms with Crippen molar-refractivity contribution < 1.29 is 19.0 Å². The van der Waals surface area contributed by atoms with Crippen molar-refractivity contribution in [2.45, 2.75) is 52.2 Å². The van der Waals surface area contributed by atoms with Crippen molar-refractivity contribution in [3.63, 3.8) is 0 Å². The van der Waals surface area contributed by atoms with Gasteiger partial charge in [0.2, 0.25) is 0 Å². The summed E-state index contributed by atoms with van der Waals surface area (Å²) in [6, 6.07) is 1.40. The zero-order valence-corrected chi connectivity index (χ0v) is 13.6. The maximum absolute atomic E-state index is 14.1. The third-order valence-electron chi connectivity index (χ3n) is 3.47. The highest BCUT2D eigenvalue weighted by Gasteiger charge is 2.20. The maximum Gasteiger partial charge on any atom is 0.166 e. The van der Waals surface area contributed by atoms with Gasteiger partial charge in [-0.05, 0) is 52.2 Å². The summed E-state index contributed by atoms with van der Waals surface area (Å²) in [5.74, 6) is 5.82. The molecule has 4 heteroatoms. The standard InChI is InChI=1S/C18H23FO3/c1-12-13(7-8-14(11-20)22-18(2,3)4)10-16(19)17-15(12)6-5-9-21-17/h10,14,20H,5-6,9,11H2,1-4H3/t14-/m0/s1. The van der Waals surface area contributed by atoms with Gasteiger partial charge in [-0.15, -0.1) is 0 Å². The van der Waals surface area contributed by atoms with E-state index >= 15 is 0 Å². The molecule has 0 aliphatic carbocycles. The molecule has 0 spiro atoms. The summed E-state index contributed by atoms with van der Waals surface area (Å²) < 4.78 is 25.2. The van der Waals surface area contributed by atoms with Crippen LogP contribution in [0.3, 0.4) is 0 Å². The molecule has 1 aromatic carbocycles. The van der Waals surface area contributed by atoms with Crippen LogP contribution in [0.15, 0.2) is 6.07 Å². The average Bonchev–Trinajstić information content (AvgIpc) is 2.47. The third-order valence-corrected chi connectivity index (χ3v) is 3.47. The van der Waals surface area contributed by atoms with E-state index in [-0.39, 0.29) is 12.4 Å². The Kier molecular flexibility index (Phi) is 5.10. The molecule has 1 aromatic rings. The van der Waals surface area contributed by atoms with Crippen LogP contribution in [0.25, 0.3) is 0 Å². The van der Waals surface area contributed by atoms with Crippen LogP contribution in [0.1, 0.15) is 43.9 Å². The first-order valence-corrected chi connectivity index (χ1v) is 7.57. The van der Waals surface area contributed by atoms with Gasteiger partial charge in [0.15, 0.2) is 11.6 Å². The van der Waals surface area contributed by atoms with Crippen molar-refractivity contribution in [1.29, 1.82) is 0 Å². The van der Waals surface area contributed by atoms with Gasteiger partial charge in [-0.1, -0.05) is 11.8 Å². The van der Waals surface area contributed by atoms with E-state index in [0.29, 0.717) is 17.9 Å². The summed E-state index contributed by atoms with van der Waals surface area (Å²) in [6.07, 6.45) is 1.10. The van der Waals surface area contributed by atoms with Crippen molar-refractivity contribution >= 4 is 0 Å². The van der Waals surface area contributed by atoms with Crippen LogP contribution in [0.2, 0.25) is 0 Å². The molecule has 2 rings (SSSR count). The van der Waals surface area contributed by atoms with Gasteiger partial charge in [0.25, 0.3) is 0 Å². The fourth-order valence-corrected chi connectivity index (χ4v) is 2.49. The molecule has 1 aliphatic heterocycles. The van der Waals surface area contributed by atoms with Crippen molar-refractivity contribution in [1.82, 2.24) is 0 Å². The quantitative estimate of drug-likeness (QED) is 0.854. The van der Waals surface area contributed by atoms with Gasteiger partial charge < -0.3 is 14.6 Å². The summed E-state index contributed by atoms with van der Waals surface area (Å²) in [5, 5.41) is 9.36. The Morgan fingerprint density at radius 3 is 2.82 bits per heavy atom. The minimum atomic E-state index is -0.588. The van der Waals surface area contributed by atoms with Crippen LogP contribution in [-0.2, 0) is 11.2 Å². The van der Waals surface area contributed by atoms with E-state index in [2.05, 4.69) is 11.8 Å². The molecule has 120 valence electrons. The Hall–Kier alpha value is -1.57. The van der Waals surface area contributed by atoms with Crippen LogP contribution >= 0.6 is 0 Å². The normalized spacial score (nSPS) is 15.4. The van der Waals surface area contributed by atoms with Crippen molar-refractivity contribution in [3.05, 3.63) is 28.6 Å². The van der Waals surface area contributed by atoms with Crippen LogP contribution in [-0.4, -0.2) is 30.0 Å². The lowest BCUT2D eigenvalue weighted by molar-refractivity contribution is -0.0533. The monoisotopic (exact) mass is 306 g/mol. The number of aliphatic hydroxyl groups is 1. The molecule has 0 bridgehead atoms. The number of halogens is 1. The fourth-order valence-electron chi connectivity index (χ4n) is 2.49. The van der Waals surface area contributed by atoms with E-state index in [0.717, 1.165) is 24.0 Å². The number of aliphatic hydroxyl groups excluding tert-OH is 1. The Bertz CT molecular complexity index is 605. The summed E-state index contributed by atoms with van der Waals surface area (Å²) in [6.45, 7) is 7.99. The topological polar surface area (TPSA) is 38.7 Å². The Labute approximate surface area is 131 Å². The highest BCUT2D eigenvalue weighted by molar-refractivity contribution is 5.52. The molecule has 22 heavy (non-hydrogen) atoms. The van der Waals surface area contributed by atoms with Gasteiger partial charge in [-0.3, -0.25) is 0 Å². The van der Waals surface area contributed by atoms with Gasteiger partial charge in [0.1, 0.15) is 6.10 Å². The third kappa shape index (κ3) is 4.00. The van der Waals surface area contributed by atoms with Crippen molar-refractivity contribution in [2.24, 2.45) is 0 Å². The molecule has 0 fully saturated rings. The van der Waals surface area contributed by atoms with Crippen LogP contribution in [0, 0.1) is 24.6 Å². The van der Waals surface area contributed by atoms with Gasteiger partial charge in [0.05, 0.1) is 18.8 Å². The zero-order chi connectivity index (χ0) is 16.3. The fraction of sp³-hybridized carbons (Fsp3) is 0.556. The number of rotatable bonds is 2. The minimum absolute atomic E-state index is 0.195. The number of hydrogen-bond acceptors (Lipinski definition) is 3. The number of hydrogen-bond donors (Lipinski definition) is 1. The molecule has 0 amide bonds. The van der Waals surface area contributed by atoms with Crippen molar-refractivity contribution in [2.75, 3.05) is 13.2 Å². The lowest BCUT2D eigenvalue weighted by Gasteiger charge is -2.23. The van der Waals surface area contributed by atoms with Gasteiger partial charge in [0, 0.05) is 11.1 Å². The summed E-state index contributed by atoms with van der Waals surface area (Å²) >= 11 is 0. The average molecular weight is 306 g/mol. The summed E-state index contributed by atoms with van der Waals surface area (Å²) in [4.78, 5) is 0. The molecule has 1 heterocycles. The van der Waals surface area contributed by atoms with Gasteiger partial charge in [-0.2, -0.15) is 0 Å². The lowest BCUT2D eigenvalue weighted by Crippen LogP contribution is -2.28. The molecule has 0 saturated carbocycles. The summed E-state index contributed by atoms with van der Waals surface area (Å²) in [5.41, 5.74) is 2.06. The molecule has 1 atom stereocenters. The predicted molar refractivity (Wildman–Crippen MR) is 83.5 cm³/mol. The molecule has 0 unspecified atom stereocenters. The molecule has 3 nitrogen and oxygen atoms in total. The van der Waals surface area contributed by atoms with E-state index in [9.17, 15) is 9.50 Å². The second kappa shape index (κ2) is 6.68. The molecular formula is C18H23FO3. The maximum atomic E-state index is 14.1. The van der Waals surface area contributed by atoms with Gasteiger partial charge >= 0.3 is 0 Å². The largest absolute Gasteiger partial charge is 0.490 e. The van der Waals surface area contributed by atoms with E-state index in [1.54, 1.807) is 0 Å². The van der Waals surface area contributed by atoms with Crippen LogP contribution in [0.5, 0.6) is 5.75 Å². The smallest absolute Gasteiger partial charge is 0.166 e. The minimum Gasteiger partial charge on any atom is -0.490 e. The second-order valence-electron chi connectivity index (χ2n) is 6.46. The first kappa shape index (κ1) is 16.8. The molecular weight excluding hydrogens is 283 g/mol. The Morgan fingerprint density at radius 1 is 1.45 bits per heavy atom. The zero-order valence-electron chi connectivity index (χ0n) is 13.6. The molecule has 1 N–H and O–H groups in total. The first-order chi connectivity index (χ1) is 10.3. The SMILES string of the molecule is Cc1c(C#C[C@@H](CO)OC(C)(C)C)cc(F)c2c1CCCO2. The molecule has 0 saturated heterocycles. The van der Waals surface area contributed by atoms with E-state index in [1.165, 1.54) is 6.07 Å². The van der Waals surface area contributed by atoms with E-state index < -0.39 is 11.7 Å². The Balaban J connectivity index is 2.31. The predicted octanol–water partition coefficient (Wildman–Crippen LogP) is 2.99. The van der Waals surface area contributed by atoms with E-state index in [4.69, 9.17) is 9.47 Å². The molecule has 0 aromatic heterocycles. The molecule has 0 radical (unpaired) electrons. The highest BCUT2D eigenvalue weighted by atomic mass is 19.1. The first-order valence-electron chi connectivity index (χ1n) is 7.57.